The highest BCUT2D eigenvalue weighted by Crippen LogP contribution is 2.36. The normalized spacial score (nSPS) is 14.7. The van der Waals surface area contributed by atoms with Crippen molar-refractivity contribution in [3.05, 3.63) is 53.1 Å². The van der Waals surface area contributed by atoms with Crippen molar-refractivity contribution < 1.29 is 14.9 Å². The summed E-state index contributed by atoms with van der Waals surface area (Å²) in [5.74, 6) is 1.07. The summed E-state index contributed by atoms with van der Waals surface area (Å²) >= 11 is 0. The van der Waals surface area contributed by atoms with Crippen molar-refractivity contribution in [1.82, 2.24) is 10.2 Å². The molecule has 3 rings (SSSR count). The fourth-order valence-corrected chi connectivity index (χ4v) is 5.05. The average Bonchev–Trinajstić information content (AvgIpc) is 2.84. The largest absolute Gasteiger partial charge is 0.504 e. The third-order valence-electron chi connectivity index (χ3n) is 6.88. The molecule has 0 unspecified atom stereocenters. The van der Waals surface area contributed by atoms with Crippen LogP contribution < -0.4 is 10.1 Å². The molecule has 0 spiro atoms. The summed E-state index contributed by atoms with van der Waals surface area (Å²) in [5.41, 5.74) is 3.41. The number of halogens is 2. The number of hydrogen-bond donors (Lipinski definition) is 3. The van der Waals surface area contributed by atoms with Crippen molar-refractivity contribution in [3.8, 4) is 17.2 Å². The minimum absolute atomic E-state index is 0. The first-order chi connectivity index (χ1) is 16.1. The quantitative estimate of drug-likeness (QED) is 0.211. The van der Waals surface area contributed by atoms with Gasteiger partial charge in [-0.2, -0.15) is 0 Å². The second-order valence-electron chi connectivity index (χ2n) is 9.23. The van der Waals surface area contributed by atoms with Crippen LogP contribution in [-0.2, 0) is 19.3 Å². The zero-order valence-electron chi connectivity index (χ0n) is 21.3. The Labute approximate surface area is 224 Å². The minimum Gasteiger partial charge on any atom is -0.504 e. The van der Waals surface area contributed by atoms with Gasteiger partial charge >= 0.3 is 0 Å². The van der Waals surface area contributed by atoms with E-state index in [2.05, 4.69) is 29.3 Å². The van der Waals surface area contributed by atoms with Crippen molar-refractivity contribution in [3.63, 3.8) is 0 Å². The lowest BCUT2D eigenvalue weighted by molar-refractivity contribution is 0.175. The molecular formula is C28H44Cl2N2O3. The van der Waals surface area contributed by atoms with Gasteiger partial charge in [-0.1, -0.05) is 44.0 Å². The van der Waals surface area contributed by atoms with E-state index in [9.17, 15) is 10.2 Å². The molecule has 0 heterocycles. The lowest BCUT2D eigenvalue weighted by Gasteiger charge is -2.35. The van der Waals surface area contributed by atoms with E-state index < -0.39 is 0 Å². The van der Waals surface area contributed by atoms with Gasteiger partial charge in [0.1, 0.15) is 5.75 Å². The number of nitrogens with zero attached hydrogens (tertiary/aromatic N) is 1. The Kier molecular flexibility index (Phi) is 15.2. The molecular weight excluding hydrogens is 483 g/mol. The van der Waals surface area contributed by atoms with Gasteiger partial charge in [0.2, 0.25) is 0 Å². The molecule has 0 aliphatic heterocycles. The van der Waals surface area contributed by atoms with Gasteiger partial charge in [-0.3, -0.25) is 0 Å². The number of unbranched alkanes of at least 4 members (excludes halogenated alkanes) is 3. The maximum atomic E-state index is 10.2. The lowest BCUT2D eigenvalue weighted by atomic mass is 9.86. The molecule has 1 aliphatic carbocycles. The summed E-state index contributed by atoms with van der Waals surface area (Å²) in [6.45, 7) is 6.60. The number of rotatable bonds is 14. The van der Waals surface area contributed by atoms with Crippen molar-refractivity contribution in [2.24, 2.45) is 0 Å². The molecule has 2 aromatic rings. The van der Waals surface area contributed by atoms with Crippen LogP contribution in [0.1, 0.15) is 62.1 Å². The monoisotopic (exact) mass is 526 g/mol. The van der Waals surface area contributed by atoms with Crippen molar-refractivity contribution in [2.75, 3.05) is 33.3 Å². The summed E-state index contributed by atoms with van der Waals surface area (Å²) in [7, 11) is 1.73. The first-order valence-electron chi connectivity index (χ1n) is 12.7. The summed E-state index contributed by atoms with van der Waals surface area (Å²) < 4.78 is 5.42. The molecule has 1 atom stereocenters. The number of fused-ring (bicyclic) bond motifs is 1. The fraction of sp³-hybridized carbons (Fsp3) is 0.571. The summed E-state index contributed by atoms with van der Waals surface area (Å²) in [5, 5.41) is 23.5. The van der Waals surface area contributed by atoms with Gasteiger partial charge < -0.3 is 25.2 Å². The zero-order chi connectivity index (χ0) is 23.5. The molecule has 35 heavy (non-hydrogen) atoms. The zero-order valence-corrected chi connectivity index (χ0v) is 22.9. The fourth-order valence-electron chi connectivity index (χ4n) is 5.05. The number of phenolic OH excluding ortho intramolecular Hbond substituents is 2. The standard InChI is InChI=1S/C28H42N2O3.2ClH/c1-3-19-30(24-13-14-25-23(21-24)12-15-26(31)28(25)32)20-9-5-4-8-17-29-18-16-22-10-6-7-11-27(22)33-2;;/h6-7,10-12,15,24,29,31-32H,3-5,8-9,13-14,16-21H2,1-2H3;2*1H/t24-;;/m0../s1. The van der Waals surface area contributed by atoms with Crippen LogP contribution in [0.2, 0.25) is 0 Å². The van der Waals surface area contributed by atoms with Gasteiger partial charge in [0.05, 0.1) is 7.11 Å². The van der Waals surface area contributed by atoms with E-state index in [4.69, 9.17) is 4.74 Å². The van der Waals surface area contributed by atoms with Crippen LogP contribution >= 0.6 is 24.8 Å². The lowest BCUT2D eigenvalue weighted by Crippen LogP contribution is -2.40. The molecule has 0 bridgehead atoms. The van der Waals surface area contributed by atoms with E-state index in [-0.39, 0.29) is 36.3 Å². The number of phenols is 2. The first kappa shape index (κ1) is 31.4. The Morgan fingerprint density at radius 2 is 1.74 bits per heavy atom. The van der Waals surface area contributed by atoms with Gasteiger partial charge in [-0.25, -0.2) is 0 Å². The van der Waals surface area contributed by atoms with Crippen LogP contribution in [0.15, 0.2) is 36.4 Å². The molecule has 2 aromatic carbocycles. The van der Waals surface area contributed by atoms with Gasteiger partial charge in [0, 0.05) is 11.6 Å². The number of hydrogen-bond acceptors (Lipinski definition) is 5. The van der Waals surface area contributed by atoms with E-state index in [0.717, 1.165) is 63.2 Å². The van der Waals surface area contributed by atoms with Crippen LogP contribution in [0.4, 0.5) is 0 Å². The van der Waals surface area contributed by atoms with E-state index in [1.165, 1.54) is 43.2 Å². The number of nitrogens with one attached hydrogen (secondary N) is 1. The molecule has 5 nitrogen and oxygen atoms in total. The Balaban J connectivity index is 0.00000306. The molecule has 0 amide bonds. The maximum absolute atomic E-state index is 10.2. The van der Waals surface area contributed by atoms with Gasteiger partial charge in [-0.05, 0) is 94.4 Å². The van der Waals surface area contributed by atoms with Crippen molar-refractivity contribution in [2.45, 2.75) is 70.8 Å². The van der Waals surface area contributed by atoms with Crippen LogP contribution in [0, 0.1) is 0 Å². The Morgan fingerprint density at radius 1 is 0.971 bits per heavy atom. The summed E-state index contributed by atoms with van der Waals surface area (Å²) in [4.78, 5) is 2.65. The van der Waals surface area contributed by atoms with Crippen molar-refractivity contribution in [1.29, 1.82) is 0 Å². The SMILES string of the molecule is CCCN(CCCCCCNCCc1ccccc1OC)[C@H]1CCc2c(ccc(O)c2O)C1.Cl.Cl. The number of aromatic hydroxyl groups is 2. The van der Waals surface area contributed by atoms with Crippen LogP contribution in [-0.4, -0.2) is 54.4 Å². The highest BCUT2D eigenvalue weighted by molar-refractivity contribution is 5.85. The van der Waals surface area contributed by atoms with E-state index in [1.807, 2.05) is 18.2 Å². The third-order valence-corrected chi connectivity index (χ3v) is 6.88. The van der Waals surface area contributed by atoms with E-state index in [0.29, 0.717) is 6.04 Å². The molecule has 0 fully saturated rings. The van der Waals surface area contributed by atoms with Crippen LogP contribution in [0.3, 0.4) is 0 Å². The molecule has 0 radical (unpaired) electrons. The van der Waals surface area contributed by atoms with E-state index in [1.54, 1.807) is 13.2 Å². The topological polar surface area (TPSA) is 65.0 Å². The number of ether oxygens (including phenoxy) is 1. The summed E-state index contributed by atoms with van der Waals surface area (Å²) in [6, 6.07) is 12.4. The third kappa shape index (κ3) is 9.38. The molecule has 0 saturated carbocycles. The van der Waals surface area contributed by atoms with Gasteiger partial charge in [0.25, 0.3) is 0 Å². The maximum Gasteiger partial charge on any atom is 0.160 e. The number of benzene rings is 2. The van der Waals surface area contributed by atoms with Crippen molar-refractivity contribution >= 4 is 24.8 Å². The number of methoxy groups -OCH3 is 1. The Hall–Kier alpha value is -1.66. The Bertz CT molecular complexity index is 866. The van der Waals surface area contributed by atoms with Crippen LogP contribution in [0.25, 0.3) is 0 Å². The van der Waals surface area contributed by atoms with Crippen LogP contribution in [0.5, 0.6) is 17.2 Å². The van der Waals surface area contributed by atoms with Gasteiger partial charge in [-0.15, -0.1) is 24.8 Å². The predicted octanol–water partition coefficient (Wildman–Crippen LogP) is 5.91. The molecule has 7 heteroatoms. The molecule has 3 N–H and O–H groups in total. The number of para-hydroxylation sites is 1. The predicted molar refractivity (Wildman–Crippen MR) is 150 cm³/mol. The van der Waals surface area contributed by atoms with Gasteiger partial charge in [0.15, 0.2) is 11.5 Å². The average molecular weight is 528 g/mol. The summed E-state index contributed by atoms with van der Waals surface area (Å²) in [6.07, 6.45) is 10.0. The second kappa shape index (κ2) is 16.9. The second-order valence-corrected chi connectivity index (χ2v) is 9.23. The molecule has 0 aromatic heterocycles. The van der Waals surface area contributed by atoms with E-state index >= 15 is 0 Å². The highest BCUT2D eigenvalue weighted by Gasteiger charge is 2.26. The minimum atomic E-state index is 0. The molecule has 0 saturated heterocycles. The Morgan fingerprint density at radius 3 is 2.51 bits per heavy atom. The smallest absolute Gasteiger partial charge is 0.160 e. The molecule has 198 valence electrons. The highest BCUT2D eigenvalue weighted by atomic mass is 35.5. The first-order valence-corrected chi connectivity index (χ1v) is 12.7. The molecule has 1 aliphatic rings.